The second-order valence-electron chi connectivity index (χ2n) is 4.32. The number of benzene rings is 1. The van der Waals surface area contributed by atoms with Gasteiger partial charge in [-0.2, -0.15) is 0 Å². The summed E-state index contributed by atoms with van der Waals surface area (Å²) >= 11 is 0. The second kappa shape index (κ2) is 6.64. The zero-order valence-electron chi connectivity index (χ0n) is 10.8. The monoisotopic (exact) mass is 271 g/mol. The van der Waals surface area contributed by atoms with Crippen LogP contribution in [0.15, 0.2) is 18.2 Å². The van der Waals surface area contributed by atoms with Gasteiger partial charge in [-0.05, 0) is 37.1 Å². The number of carbonyl (C=O) groups is 1. The third-order valence-electron chi connectivity index (χ3n) is 2.82. The summed E-state index contributed by atoms with van der Waals surface area (Å²) in [6.45, 7) is 3.97. The van der Waals surface area contributed by atoms with Gasteiger partial charge in [-0.25, -0.2) is 4.39 Å². The zero-order valence-corrected chi connectivity index (χ0v) is 11.6. The molecule has 0 radical (unpaired) electrons. The third kappa shape index (κ3) is 4.22. The molecule has 18 heavy (non-hydrogen) atoms. The van der Waals surface area contributed by atoms with E-state index in [1.54, 1.807) is 13.2 Å². The Kier molecular flexibility index (Phi) is 5.47. The summed E-state index contributed by atoms with van der Waals surface area (Å²) < 4.78 is 24.2. The molecule has 1 N–H and O–H groups in total. The molecule has 0 aliphatic rings. The second-order valence-corrected chi connectivity index (χ2v) is 6.12. The van der Waals surface area contributed by atoms with Gasteiger partial charge in [0, 0.05) is 34.4 Å². The highest BCUT2D eigenvalue weighted by molar-refractivity contribution is 7.84. The van der Waals surface area contributed by atoms with E-state index in [1.165, 1.54) is 18.2 Å². The van der Waals surface area contributed by atoms with Gasteiger partial charge in [0.15, 0.2) is 0 Å². The van der Waals surface area contributed by atoms with Crippen LogP contribution in [0.2, 0.25) is 0 Å². The van der Waals surface area contributed by atoms with Gasteiger partial charge in [0.05, 0.1) is 0 Å². The van der Waals surface area contributed by atoms with Gasteiger partial charge >= 0.3 is 0 Å². The first-order chi connectivity index (χ1) is 8.41. The van der Waals surface area contributed by atoms with Crippen molar-refractivity contribution in [2.75, 3.05) is 12.8 Å². The lowest BCUT2D eigenvalue weighted by atomic mass is 10.1. The minimum Gasteiger partial charge on any atom is -0.352 e. The SMILES string of the molecule is Cc1cc(C(=O)NCCC(C)S(C)=O)ccc1F. The quantitative estimate of drug-likeness (QED) is 0.890. The van der Waals surface area contributed by atoms with Crippen LogP contribution < -0.4 is 5.32 Å². The topological polar surface area (TPSA) is 46.2 Å². The summed E-state index contributed by atoms with van der Waals surface area (Å²) in [4.78, 5) is 11.8. The van der Waals surface area contributed by atoms with Crippen LogP contribution in [0.1, 0.15) is 29.3 Å². The minimum atomic E-state index is -0.877. The van der Waals surface area contributed by atoms with Gasteiger partial charge in [0.1, 0.15) is 5.82 Å². The van der Waals surface area contributed by atoms with Crippen LogP contribution >= 0.6 is 0 Å². The van der Waals surface area contributed by atoms with Crippen molar-refractivity contribution in [2.45, 2.75) is 25.5 Å². The van der Waals surface area contributed by atoms with Gasteiger partial charge in [0.25, 0.3) is 5.91 Å². The number of carbonyl (C=O) groups excluding carboxylic acids is 1. The summed E-state index contributed by atoms with van der Waals surface area (Å²) in [6.07, 6.45) is 2.31. The van der Waals surface area contributed by atoms with Crippen LogP contribution in [0, 0.1) is 12.7 Å². The Morgan fingerprint density at radius 2 is 2.17 bits per heavy atom. The van der Waals surface area contributed by atoms with Crippen LogP contribution in [0.4, 0.5) is 4.39 Å². The van der Waals surface area contributed by atoms with E-state index in [1.807, 2.05) is 6.92 Å². The predicted molar refractivity (Wildman–Crippen MR) is 71.6 cm³/mol. The molecule has 0 aliphatic carbocycles. The van der Waals surface area contributed by atoms with Gasteiger partial charge in [0.2, 0.25) is 0 Å². The Morgan fingerprint density at radius 1 is 1.50 bits per heavy atom. The maximum absolute atomic E-state index is 13.0. The fourth-order valence-electron chi connectivity index (χ4n) is 1.44. The number of nitrogens with one attached hydrogen (secondary N) is 1. The van der Waals surface area contributed by atoms with Crippen molar-refractivity contribution in [3.05, 3.63) is 35.1 Å². The molecular formula is C13H18FNO2S. The Labute approximate surface area is 109 Å². The maximum atomic E-state index is 13.0. The lowest BCUT2D eigenvalue weighted by Gasteiger charge is -2.09. The highest BCUT2D eigenvalue weighted by Crippen LogP contribution is 2.09. The van der Waals surface area contributed by atoms with Crippen molar-refractivity contribution < 1.29 is 13.4 Å². The molecule has 3 nitrogen and oxygen atoms in total. The standard InChI is InChI=1S/C13H18FNO2S/c1-9-8-11(4-5-12(9)14)13(16)15-7-6-10(2)18(3)17/h4-5,8,10H,6-7H2,1-3H3,(H,15,16). The lowest BCUT2D eigenvalue weighted by Crippen LogP contribution is -2.27. The van der Waals surface area contributed by atoms with Crippen molar-refractivity contribution in [2.24, 2.45) is 0 Å². The van der Waals surface area contributed by atoms with Crippen molar-refractivity contribution in [1.82, 2.24) is 5.32 Å². The molecule has 0 bridgehead atoms. The molecule has 1 rings (SSSR count). The van der Waals surface area contributed by atoms with Gasteiger partial charge in [-0.15, -0.1) is 0 Å². The average Bonchev–Trinajstić information content (AvgIpc) is 2.32. The molecular weight excluding hydrogens is 253 g/mol. The third-order valence-corrected chi connectivity index (χ3v) is 4.19. The Balaban J connectivity index is 2.50. The molecule has 0 heterocycles. The molecule has 100 valence electrons. The summed E-state index contributed by atoms with van der Waals surface area (Å²) in [6, 6.07) is 4.26. The molecule has 1 aromatic carbocycles. The van der Waals surface area contributed by atoms with E-state index in [9.17, 15) is 13.4 Å². The van der Waals surface area contributed by atoms with Crippen molar-refractivity contribution in [1.29, 1.82) is 0 Å². The fraction of sp³-hybridized carbons (Fsp3) is 0.462. The molecule has 0 saturated heterocycles. The molecule has 0 aliphatic heterocycles. The van der Waals surface area contributed by atoms with Crippen LogP contribution in [0.3, 0.4) is 0 Å². The molecule has 2 unspecified atom stereocenters. The molecule has 0 aromatic heterocycles. The van der Waals surface area contributed by atoms with E-state index in [0.717, 1.165) is 0 Å². The number of hydrogen-bond donors (Lipinski definition) is 1. The van der Waals surface area contributed by atoms with E-state index in [-0.39, 0.29) is 17.0 Å². The molecule has 1 aromatic rings. The highest BCUT2D eigenvalue weighted by atomic mass is 32.2. The Morgan fingerprint density at radius 3 is 2.72 bits per heavy atom. The average molecular weight is 271 g/mol. The summed E-state index contributed by atoms with van der Waals surface area (Å²) in [5.41, 5.74) is 0.893. The van der Waals surface area contributed by atoms with Gasteiger partial charge in [-0.1, -0.05) is 6.92 Å². The fourth-order valence-corrected chi connectivity index (χ4v) is 1.89. The first kappa shape index (κ1) is 14.8. The van der Waals surface area contributed by atoms with Crippen LogP contribution in [-0.2, 0) is 10.8 Å². The number of hydrogen-bond acceptors (Lipinski definition) is 2. The molecule has 0 spiro atoms. The van der Waals surface area contributed by atoms with E-state index in [2.05, 4.69) is 5.32 Å². The maximum Gasteiger partial charge on any atom is 0.251 e. The molecule has 5 heteroatoms. The van der Waals surface area contributed by atoms with Crippen LogP contribution in [-0.4, -0.2) is 28.2 Å². The van der Waals surface area contributed by atoms with E-state index in [0.29, 0.717) is 24.1 Å². The Hall–Kier alpha value is -1.23. The lowest BCUT2D eigenvalue weighted by molar-refractivity contribution is 0.0953. The largest absolute Gasteiger partial charge is 0.352 e. The summed E-state index contributed by atoms with van der Waals surface area (Å²) in [7, 11) is -0.877. The van der Waals surface area contributed by atoms with E-state index >= 15 is 0 Å². The van der Waals surface area contributed by atoms with Crippen LogP contribution in [0.5, 0.6) is 0 Å². The minimum absolute atomic E-state index is 0.0558. The first-order valence-corrected chi connectivity index (χ1v) is 7.40. The molecule has 2 atom stereocenters. The summed E-state index contributed by atoms with van der Waals surface area (Å²) in [5.74, 6) is -0.547. The normalized spacial score (nSPS) is 14.0. The number of aryl methyl sites for hydroxylation is 1. The van der Waals surface area contributed by atoms with Gasteiger partial charge in [-0.3, -0.25) is 9.00 Å². The molecule has 0 saturated carbocycles. The number of halogens is 1. The van der Waals surface area contributed by atoms with Crippen molar-refractivity contribution in [3.63, 3.8) is 0 Å². The highest BCUT2D eigenvalue weighted by Gasteiger charge is 2.09. The predicted octanol–water partition coefficient (Wildman–Crippen LogP) is 2.02. The van der Waals surface area contributed by atoms with Gasteiger partial charge < -0.3 is 5.32 Å². The smallest absolute Gasteiger partial charge is 0.251 e. The van der Waals surface area contributed by atoms with Crippen LogP contribution in [0.25, 0.3) is 0 Å². The van der Waals surface area contributed by atoms with Crippen molar-refractivity contribution in [3.8, 4) is 0 Å². The summed E-state index contributed by atoms with van der Waals surface area (Å²) in [5, 5.41) is 2.79. The number of rotatable bonds is 5. The molecule has 0 fully saturated rings. The first-order valence-electron chi connectivity index (χ1n) is 5.78. The molecule has 1 amide bonds. The Bertz CT molecular complexity index is 462. The van der Waals surface area contributed by atoms with Crippen molar-refractivity contribution >= 4 is 16.7 Å². The van der Waals surface area contributed by atoms with E-state index < -0.39 is 10.8 Å². The zero-order chi connectivity index (χ0) is 13.7. The number of amides is 1. The van der Waals surface area contributed by atoms with E-state index in [4.69, 9.17) is 0 Å².